The number of benzene rings is 1. The molecule has 1 aliphatic heterocycles. The Morgan fingerprint density at radius 2 is 1.71 bits per heavy atom. The number of hydrogen-bond acceptors (Lipinski definition) is 3. The van der Waals surface area contributed by atoms with Crippen LogP contribution in [0.1, 0.15) is 39.0 Å². The Morgan fingerprint density at radius 1 is 1.14 bits per heavy atom. The van der Waals surface area contributed by atoms with E-state index >= 15 is 0 Å². The number of quaternary nitrogens is 1. The SMILES string of the molecule is C[C@H](C(=O)N(C)C1CCCCC1)[NH+]1CCN(S(=O)(=O)c2ccc(Cl)cc2)CC1. The number of nitrogens with zero attached hydrogens (tertiary/aromatic N) is 2. The van der Waals surface area contributed by atoms with Crippen molar-refractivity contribution in [2.24, 2.45) is 0 Å². The fraction of sp³-hybridized carbons (Fsp3) is 0.650. The predicted molar refractivity (Wildman–Crippen MR) is 110 cm³/mol. The Morgan fingerprint density at radius 3 is 2.29 bits per heavy atom. The normalized spacial score (nSPS) is 21.4. The molecular weight excluding hydrogens is 398 g/mol. The molecule has 0 radical (unpaired) electrons. The number of amides is 1. The first-order valence-corrected chi connectivity index (χ1v) is 12.0. The standard InChI is InChI=1S/C20H30ClN3O3S/c1-16(20(25)22(2)18-6-4-3-5-7-18)23-12-14-24(15-13-23)28(26,27)19-10-8-17(21)9-11-19/h8-11,16,18H,3-7,12-15H2,1-2H3/p+1/t16-/m1/s1. The Balaban J connectivity index is 1.58. The molecule has 28 heavy (non-hydrogen) atoms. The van der Waals surface area contributed by atoms with Crippen molar-refractivity contribution in [3.63, 3.8) is 0 Å². The average Bonchev–Trinajstić information content (AvgIpc) is 2.73. The number of hydrogen-bond donors (Lipinski definition) is 1. The Hall–Kier alpha value is -1.15. The molecule has 0 bridgehead atoms. The second-order valence-electron chi connectivity index (χ2n) is 7.98. The molecule has 3 rings (SSSR count). The number of carbonyl (C=O) groups excluding carboxylic acids is 1. The maximum Gasteiger partial charge on any atom is 0.280 e. The highest BCUT2D eigenvalue weighted by Crippen LogP contribution is 2.22. The van der Waals surface area contributed by atoms with Crippen LogP contribution < -0.4 is 4.90 Å². The molecule has 0 spiro atoms. The lowest BCUT2D eigenvalue weighted by Gasteiger charge is -2.37. The molecule has 1 N–H and O–H groups in total. The van der Waals surface area contributed by atoms with Gasteiger partial charge in [-0.1, -0.05) is 30.9 Å². The minimum atomic E-state index is -3.52. The van der Waals surface area contributed by atoms with E-state index in [4.69, 9.17) is 11.6 Å². The third-order valence-corrected chi connectivity index (χ3v) is 8.43. The molecule has 1 saturated heterocycles. The highest BCUT2D eigenvalue weighted by Gasteiger charge is 2.36. The summed E-state index contributed by atoms with van der Waals surface area (Å²) in [5, 5.41) is 0.516. The highest BCUT2D eigenvalue weighted by molar-refractivity contribution is 7.89. The van der Waals surface area contributed by atoms with Gasteiger partial charge >= 0.3 is 0 Å². The highest BCUT2D eigenvalue weighted by atomic mass is 35.5. The van der Waals surface area contributed by atoms with Gasteiger partial charge in [-0.25, -0.2) is 8.42 Å². The van der Waals surface area contributed by atoms with Gasteiger partial charge < -0.3 is 9.80 Å². The smallest absolute Gasteiger partial charge is 0.280 e. The lowest BCUT2D eigenvalue weighted by Crippen LogP contribution is -3.19. The van der Waals surface area contributed by atoms with E-state index in [2.05, 4.69) is 0 Å². The molecule has 2 fully saturated rings. The molecule has 1 saturated carbocycles. The molecule has 1 aromatic carbocycles. The monoisotopic (exact) mass is 428 g/mol. The third kappa shape index (κ3) is 4.70. The largest absolute Gasteiger partial charge is 0.338 e. The number of nitrogens with one attached hydrogen (secondary N) is 1. The van der Waals surface area contributed by atoms with Gasteiger partial charge in [0.2, 0.25) is 10.0 Å². The fourth-order valence-electron chi connectivity index (χ4n) is 4.33. The van der Waals surface area contributed by atoms with E-state index in [0.29, 0.717) is 37.2 Å². The van der Waals surface area contributed by atoms with Crippen LogP contribution >= 0.6 is 11.6 Å². The number of sulfonamides is 1. The van der Waals surface area contributed by atoms with E-state index in [1.165, 1.54) is 23.6 Å². The van der Waals surface area contributed by atoms with E-state index in [1.54, 1.807) is 24.3 Å². The van der Waals surface area contributed by atoms with Crippen molar-refractivity contribution in [3.05, 3.63) is 29.3 Å². The molecular formula is C20H31ClN3O3S+. The second kappa shape index (κ2) is 9.11. The summed E-state index contributed by atoms with van der Waals surface area (Å²) >= 11 is 5.87. The summed E-state index contributed by atoms with van der Waals surface area (Å²) in [5.74, 6) is 0.177. The molecule has 1 aliphatic carbocycles. The molecule has 1 amide bonds. The molecule has 8 heteroatoms. The van der Waals surface area contributed by atoms with Crippen LogP contribution in [0.15, 0.2) is 29.2 Å². The van der Waals surface area contributed by atoms with Crippen LogP contribution in [0.3, 0.4) is 0 Å². The predicted octanol–water partition coefficient (Wildman–Crippen LogP) is 1.41. The van der Waals surface area contributed by atoms with E-state index in [-0.39, 0.29) is 16.8 Å². The van der Waals surface area contributed by atoms with Crippen LogP contribution in [0.5, 0.6) is 0 Å². The third-order valence-electron chi connectivity index (χ3n) is 6.27. The van der Waals surface area contributed by atoms with Gasteiger partial charge in [-0.2, -0.15) is 4.31 Å². The van der Waals surface area contributed by atoms with Crippen molar-refractivity contribution < 1.29 is 18.1 Å². The van der Waals surface area contributed by atoms with E-state index in [0.717, 1.165) is 17.7 Å². The average molecular weight is 429 g/mol. The first kappa shape index (κ1) is 21.6. The Kier molecular flexibility index (Phi) is 7.02. The van der Waals surface area contributed by atoms with Crippen LogP contribution in [-0.4, -0.2) is 68.8 Å². The van der Waals surface area contributed by atoms with Crippen LogP contribution in [0.4, 0.5) is 0 Å². The maximum atomic E-state index is 12.9. The van der Waals surface area contributed by atoms with Gasteiger partial charge in [-0.05, 0) is 44.0 Å². The molecule has 156 valence electrons. The summed E-state index contributed by atoms with van der Waals surface area (Å²) in [5.41, 5.74) is 0. The van der Waals surface area contributed by atoms with Crippen molar-refractivity contribution in [1.82, 2.24) is 9.21 Å². The zero-order valence-corrected chi connectivity index (χ0v) is 18.3. The molecule has 0 aromatic heterocycles. The molecule has 6 nitrogen and oxygen atoms in total. The number of halogens is 1. The Bertz CT molecular complexity index is 770. The van der Waals surface area contributed by atoms with Crippen LogP contribution in [0.25, 0.3) is 0 Å². The van der Waals surface area contributed by atoms with Crippen molar-refractivity contribution in [3.8, 4) is 0 Å². The van der Waals surface area contributed by atoms with Gasteiger partial charge in [0.15, 0.2) is 6.04 Å². The van der Waals surface area contributed by atoms with Crippen LogP contribution in [-0.2, 0) is 14.8 Å². The first-order chi connectivity index (χ1) is 13.3. The van der Waals surface area contributed by atoms with E-state index in [1.807, 2.05) is 18.9 Å². The summed E-state index contributed by atoms with van der Waals surface area (Å²) in [6, 6.07) is 6.49. The zero-order valence-electron chi connectivity index (χ0n) is 16.7. The minimum Gasteiger partial charge on any atom is -0.338 e. The number of likely N-dealkylation sites (N-methyl/N-ethyl adjacent to an activating group) is 1. The molecule has 0 unspecified atom stereocenters. The second-order valence-corrected chi connectivity index (χ2v) is 10.4. The van der Waals surface area contributed by atoms with Crippen LogP contribution in [0.2, 0.25) is 5.02 Å². The summed E-state index contributed by atoms with van der Waals surface area (Å²) in [4.78, 5) is 16.3. The van der Waals surface area contributed by atoms with Crippen molar-refractivity contribution in [1.29, 1.82) is 0 Å². The summed E-state index contributed by atoms with van der Waals surface area (Å²) < 4.78 is 27.2. The topological polar surface area (TPSA) is 62.1 Å². The molecule has 1 aromatic rings. The fourth-order valence-corrected chi connectivity index (χ4v) is 5.90. The van der Waals surface area contributed by atoms with Crippen LogP contribution in [0, 0.1) is 0 Å². The van der Waals surface area contributed by atoms with Crippen molar-refractivity contribution in [2.45, 2.75) is 56.0 Å². The summed E-state index contributed by atoms with van der Waals surface area (Å²) in [6.45, 7) is 4.09. The van der Waals surface area contributed by atoms with E-state index < -0.39 is 10.0 Å². The lowest BCUT2D eigenvalue weighted by molar-refractivity contribution is -0.918. The van der Waals surface area contributed by atoms with Crippen molar-refractivity contribution >= 4 is 27.5 Å². The first-order valence-electron chi connectivity index (χ1n) is 10.2. The van der Waals surface area contributed by atoms with Crippen molar-refractivity contribution in [2.75, 3.05) is 33.2 Å². The van der Waals surface area contributed by atoms with E-state index in [9.17, 15) is 13.2 Å². The van der Waals surface area contributed by atoms with Gasteiger partial charge in [-0.15, -0.1) is 0 Å². The molecule has 2 aliphatic rings. The number of rotatable bonds is 5. The van der Waals surface area contributed by atoms with Gasteiger partial charge in [-0.3, -0.25) is 4.79 Å². The summed E-state index contributed by atoms with van der Waals surface area (Å²) in [7, 11) is -1.59. The quantitative estimate of drug-likeness (QED) is 0.771. The van der Waals surface area contributed by atoms with Gasteiger partial charge in [0.05, 0.1) is 31.1 Å². The van der Waals surface area contributed by atoms with Gasteiger partial charge in [0.25, 0.3) is 5.91 Å². The maximum absolute atomic E-state index is 12.9. The summed E-state index contributed by atoms with van der Waals surface area (Å²) in [6.07, 6.45) is 5.85. The number of carbonyl (C=O) groups is 1. The minimum absolute atomic E-state index is 0.146. The zero-order chi connectivity index (χ0) is 20.3. The molecule has 1 atom stereocenters. The number of piperazine rings is 1. The van der Waals surface area contributed by atoms with Gasteiger partial charge in [0.1, 0.15) is 0 Å². The van der Waals surface area contributed by atoms with Gasteiger partial charge in [0, 0.05) is 18.1 Å². The lowest BCUT2D eigenvalue weighted by atomic mass is 9.94. The Labute approximate surface area is 173 Å². The molecule has 1 heterocycles.